The molecule has 2 fully saturated rings. The number of esters is 1. The zero-order chi connectivity index (χ0) is 15.6. The predicted molar refractivity (Wildman–Crippen MR) is 82.4 cm³/mol. The molecule has 2 radical (unpaired) electrons. The molecule has 0 N–H and O–H groups in total. The van der Waals surface area contributed by atoms with Crippen molar-refractivity contribution in [3.63, 3.8) is 0 Å². The lowest BCUT2D eigenvalue weighted by Crippen LogP contribution is -2.38. The molecule has 0 saturated carbocycles. The molecule has 2 heterocycles. The smallest absolute Gasteiger partial charge is 0.309 e. The Bertz CT molecular complexity index is 521. The predicted octanol–water partition coefficient (Wildman–Crippen LogP) is 2.20. The van der Waals surface area contributed by atoms with E-state index in [0.29, 0.717) is 6.61 Å². The van der Waals surface area contributed by atoms with Crippen LogP contribution in [0.25, 0.3) is 0 Å². The van der Waals surface area contributed by atoms with Crippen molar-refractivity contribution in [1.82, 2.24) is 0 Å². The maximum atomic E-state index is 12.2. The van der Waals surface area contributed by atoms with Crippen LogP contribution in [0.15, 0.2) is 30.3 Å². The lowest BCUT2D eigenvalue weighted by molar-refractivity contribution is -0.154. The Morgan fingerprint density at radius 1 is 1.41 bits per heavy atom. The standard InChI is InChI=1S/C17H21BO4/c1-12-15-16(18)22-17(12,8-5-9-20-15)10-14(19)21-11-13-6-3-2-4-7-13/h2-4,6-7,12,15-16H,5,8-11H2,1H3/t12?,15-,16+,17+/m0/s1. The Morgan fingerprint density at radius 3 is 2.95 bits per heavy atom. The van der Waals surface area contributed by atoms with E-state index in [1.54, 1.807) is 0 Å². The van der Waals surface area contributed by atoms with Crippen molar-refractivity contribution < 1.29 is 19.0 Å². The average molecular weight is 300 g/mol. The Hall–Kier alpha value is -1.33. The number of rotatable bonds is 4. The highest BCUT2D eigenvalue weighted by molar-refractivity contribution is 6.11. The maximum absolute atomic E-state index is 12.2. The highest BCUT2D eigenvalue weighted by Crippen LogP contribution is 2.44. The fourth-order valence-corrected chi connectivity index (χ4v) is 3.47. The minimum absolute atomic E-state index is 0.0919. The number of benzene rings is 1. The van der Waals surface area contributed by atoms with E-state index in [1.807, 2.05) is 37.3 Å². The molecule has 0 amide bonds. The summed E-state index contributed by atoms with van der Waals surface area (Å²) in [6.45, 7) is 3.01. The second kappa shape index (κ2) is 6.43. The first kappa shape index (κ1) is 15.6. The number of ether oxygens (including phenoxy) is 3. The third-order valence-corrected chi connectivity index (χ3v) is 4.76. The zero-order valence-corrected chi connectivity index (χ0v) is 12.9. The van der Waals surface area contributed by atoms with Gasteiger partial charge in [-0.2, -0.15) is 0 Å². The lowest BCUT2D eigenvalue weighted by atomic mass is 9.79. The van der Waals surface area contributed by atoms with Gasteiger partial charge in [-0.05, 0) is 18.4 Å². The van der Waals surface area contributed by atoms with Crippen molar-refractivity contribution >= 4 is 13.8 Å². The fraction of sp³-hybridized carbons (Fsp3) is 0.588. The van der Waals surface area contributed by atoms with Crippen molar-refractivity contribution in [3.05, 3.63) is 35.9 Å². The van der Waals surface area contributed by atoms with Crippen LogP contribution in [0, 0.1) is 5.92 Å². The summed E-state index contributed by atoms with van der Waals surface area (Å²) in [6, 6.07) is 9.20. The molecule has 4 atom stereocenters. The Kier molecular flexibility index (Phi) is 4.55. The van der Waals surface area contributed by atoms with Crippen LogP contribution in [0.1, 0.15) is 31.7 Å². The largest absolute Gasteiger partial charge is 0.461 e. The summed E-state index contributed by atoms with van der Waals surface area (Å²) in [7, 11) is 6.01. The van der Waals surface area contributed by atoms with Crippen LogP contribution in [0.4, 0.5) is 0 Å². The van der Waals surface area contributed by atoms with Gasteiger partial charge in [0.25, 0.3) is 0 Å². The van der Waals surface area contributed by atoms with Gasteiger partial charge < -0.3 is 14.2 Å². The molecule has 5 heteroatoms. The molecule has 0 aliphatic carbocycles. The minimum atomic E-state index is -0.547. The maximum Gasteiger partial charge on any atom is 0.309 e. The molecule has 2 saturated heterocycles. The monoisotopic (exact) mass is 300 g/mol. The molecule has 1 unspecified atom stereocenters. The van der Waals surface area contributed by atoms with E-state index in [0.717, 1.165) is 18.4 Å². The summed E-state index contributed by atoms with van der Waals surface area (Å²) in [5, 5.41) is 0. The van der Waals surface area contributed by atoms with Crippen molar-refractivity contribution in [3.8, 4) is 0 Å². The number of carbonyl (C=O) groups excluding carboxylic acids is 1. The molecule has 0 aromatic heterocycles. The van der Waals surface area contributed by atoms with Gasteiger partial charge in [0.15, 0.2) is 0 Å². The summed E-state index contributed by atoms with van der Waals surface area (Å²) in [5.41, 5.74) is 0.432. The molecule has 2 aliphatic rings. The van der Waals surface area contributed by atoms with Crippen molar-refractivity contribution in [1.29, 1.82) is 0 Å². The van der Waals surface area contributed by atoms with Crippen LogP contribution >= 0.6 is 0 Å². The summed E-state index contributed by atoms with van der Waals surface area (Å²) < 4.78 is 17.1. The first-order valence-corrected chi connectivity index (χ1v) is 7.85. The third-order valence-electron chi connectivity index (χ3n) is 4.76. The second-order valence-electron chi connectivity index (χ2n) is 6.20. The van der Waals surface area contributed by atoms with Crippen molar-refractivity contribution in [2.75, 3.05) is 6.61 Å². The van der Waals surface area contributed by atoms with E-state index < -0.39 is 11.6 Å². The molecule has 1 aromatic carbocycles. The number of hydrogen-bond donors (Lipinski definition) is 0. The number of carbonyl (C=O) groups is 1. The number of fused-ring (bicyclic) bond motifs is 2. The van der Waals surface area contributed by atoms with Gasteiger partial charge >= 0.3 is 5.97 Å². The second-order valence-corrected chi connectivity index (χ2v) is 6.20. The summed E-state index contributed by atoms with van der Waals surface area (Å²) in [5.74, 6) is -0.153. The fourth-order valence-electron chi connectivity index (χ4n) is 3.47. The SMILES string of the molecule is [B][C@@H]1O[C@@]2(CC(=O)OCc3ccccc3)CCCO[C@H]1C2C. The summed E-state index contributed by atoms with van der Waals surface area (Å²) in [4.78, 5) is 12.2. The molecule has 0 spiro atoms. The van der Waals surface area contributed by atoms with E-state index >= 15 is 0 Å². The highest BCUT2D eigenvalue weighted by atomic mass is 16.6. The molecular weight excluding hydrogens is 279 g/mol. The highest BCUT2D eigenvalue weighted by Gasteiger charge is 2.53. The summed E-state index contributed by atoms with van der Waals surface area (Å²) in [6.07, 6.45) is 1.75. The van der Waals surface area contributed by atoms with Crippen LogP contribution in [-0.4, -0.2) is 38.1 Å². The van der Waals surface area contributed by atoms with E-state index in [1.165, 1.54) is 0 Å². The van der Waals surface area contributed by atoms with Gasteiger partial charge in [0.05, 0.1) is 18.1 Å². The molecular formula is C17H21BO4. The Balaban J connectivity index is 1.62. The first-order valence-electron chi connectivity index (χ1n) is 7.85. The summed E-state index contributed by atoms with van der Waals surface area (Å²) >= 11 is 0. The average Bonchev–Trinajstić information content (AvgIpc) is 2.63. The van der Waals surface area contributed by atoms with E-state index in [4.69, 9.17) is 22.1 Å². The molecule has 22 heavy (non-hydrogen) atoms. The van der Waals surface area contributed by atoms with Gasteiger partial charge in [-0.3, -0.25) is 4.79 Å². The molecule has 116 valence electrons. The van der Waals surface area contributed by atoms with Crippen LogP contribution < -0.4 is 0 Å². The van der Waals surface area contributed by atoms with Gasteiger partial charge in [-0.15, -0.1) is 0 Å². The van der Waals surface area contributed by atoms with Gasteiger partial charge in [0, 0.05) is 18.5 Å². The van der Waals surface area contributed by atoms with E-state index in [9.17, 15) is 4.79 Å². The third kappa shape index (κ3) is 3.06. The zero-order valence-electron chi connectivity index (χ0n) is 12.9. The van der Waals surface area contributed by atoms with E-state index in [2.05, 4.69) is 0 Å². The van der Waals surface area contributed by atoms with Crippen LogP contribution in [0.3, 0.4) is 0 Å². The lowest BCUT2D eigenvalue weighted by Gasteiger charge is -2.31. The Morgan fingerprint density at radius 2 is 2.18 bits per heavy atom. The van der Waals surface area contributed by atoms with Gasteiger partial charge in [-0.25, -0.2) is 0 Å². The minimum Gasteiger partial charge on any atom is -0.461 e. The van der Waals surface area contributed by atoms with Gasteiger partial charge in [0.2, 0.25) is 0 Å². The van der Waals surface area contributed by atoms with Crippen molar-refractivity contribution in [2.45, 2.75) is 50.5 Å². The normalized spacial score (nSPS) is 34.1. The van der Waals surface area contributed by atoms with Crippen LogP contribution in [0.5, 0.6) is 0 Å². The van der Waals surface area contributed by atoms with E-state index in [-0.39, 0.29) is 31.0 Å². The first-order chi connectivity index (χ1) is 10.6. The quantitative estimate of drug-likeness (QED) is 0.631. The van der Waals surface area contributed by atoms with Gasteiger partial charge in [0.1, 0.15) is 14.5 Å². The topological polar surface area (TPSA) is 44.8 Å². The number of hydrogen-bond acceptors (Lipinski definition) is 4. The van der Waals surface area contributed by atoms with Crippen LogP contribution in [0.2, 0.25) is 0 Å². The molecule has 3 rings (SSSR count). The molecule has 1 aromatic rings. The molecule has 4 nitrogen and oxygen atoms in total. The molecule has 2 bridgehead atoms. The van der Waals surface area contributed by atoms with Crippen molar-refractivity contribution in [2.24, 2.45) is 5.92 Å². The van der Waals surface area contributed by atoms with Crippen LogP contribution in [-0.2, 0) is 25.6 Å². The van der Waals surface area contributed by atoms with Gasteiger partial charge in [-0.1, -0.05) is 37.3 Å². The Labute approximate surface area is 132 Å². The molecule has 2 aliphatic heterocycles.